The molecule has 2 N–H and O–H groups in total. The first-order valence-corrected chi connectivity index (χ1v) is 8.66. The minimum absolute atomic E-state index is 0.183. The van der Waals surface area contributed by atoms with E-state index < -0.39 is 9.84 Å². The lowest BCUT2D eigenvalue weighted by Crippen LogP contribution is -1.99. The highest BCUT2D eigenvalue weighted by atomic mass is 32.2. The van der Waals surface area contributed by atoms with Gasteiger partial charge in [0.25, 0.3) is 0 Å². The number of hydrogen-bond donors (Lipinski definition) is 1. The van der Waals surface area contributed by atoms with Crippen LogP contribution in [0.4, 0.5) is 5.82 Å². The van der Waals surface area contributed by atoms with Crippen LogP contribution in [-0.4, -0.2) is 30.9 Å². The van der Waals surface area contributed by atoms with Crippen LogP contribution in [-0.2, 0) is 9.84 Å². The molecule has 0 aliphatic carbocycles. The third-order valence-electron chi connectivity index (χ3n) is 2.34. The van der Waals surface area contributed by atoms with Gasteiger partial charge in [0, 0.05) is 12.3 Å². The molecule has 0 unspecified atom stereocenters. The molecule has 0 aliphatic rings. The molecule has 0 aliphatic heterocycles. The second-order valence-corrected chi connectivity index (χ2v) is 6.76. The van der Waals surface area contributed by atoms with Crippen LogP contribution in [0, 0.1) is 0 Å². The third-order valence-corrected chi connectivity index (χ3v) is 4.00. The van der Waals surface area contributed by atoms with Gasteiger partial charge in [0.2, 0.25) is 5.88 Å². The largest absolute Gasteiger partial charge is 0.439 e. The smallest absolute Gasteiger partial charge is 0.225 e. The zero-order chi connectivity index (χ0) is 14.8. The predicted octanol–water partition coefficient (Wildman–Crippen LogP) is 1.98. The Morgan fingerprint density at radius 2 is 2.00 bits per heavy atom. The van der Waals surface area contributed by atoms with Gasteiger partial charge in [-0.2, -0.15) is 4.98 Å². The van der Waals surface area contributed by atoms with Crippen molar-refractivity contribution >= 4 is 27.4 Å². The minimum atomic E-state index is -3.28. The molecule has 0 saturated heterocycles. The van der Waals surface area contributed by atoms with Crippen molar-refractivity contribution in [3.8, 4) is 11.6 Å². The second-order valence-electron chi connectivity index (χ2n) is 3.97. The van der Waals surface area contributed by atoms with Crippen molar-refractivity contribution < 1.29 is 13.2 Å². The van der Waals surface area contributed by atoms with Crippen molar-refractivity contribution in [2.45, 2.75) is 10.1 Å². The normalized spacial score (nSPS) is 11.3. The van der Waals surface area contributed by atoms with Crippen LogP contribution in [0.3, 0.4) is 0 Å². The lowest BCUT2D eigenvalue weighted by atomic mass is 10.3. The van der Waals surface area contributed by atoms with E-state index in [1.807, 2.05) is 6.26 Å². The molecule has 0 fully saturated rings. The van der Waals surface area contributed by atoms with Gasteiger partial charge in [0.15, 0.2) is 15.0 Å². The molecule has 0 bridgehead atoms. The number of aromatic nitrogens is 2. The summed E-state index contributed by atoms with van der Waals surface area (Å²) < 4.78 is 28.5. The monoisotopic (exact) mass is 311 g/mol. The topological polar surface area (TPSA) is 95.2 Å². The summed E-state index contributed by atoms with van der Waals surface area (Å²) in [7, 11) is -3.28. The Hall–Kier alpha value is -1.80. The molecule has 6 nitrogen and oxygen atoms in total. The summed E-state index contributed by atoms with van der Waals surface area (Å²) in [5.41, 5.74) is 5.65. The zero-order valence-electron chi connectivity index (χ0n) is 10.9. The molecule has 0 amide bonds. The number of rotatable bonds is 4. The van der Waals surface area contributed by atoms with Gasteiger partial charge in [0.1, 0.15) is 11.6 Å². The third kappa shape index (κ3) is 3.61. The van der Waals surface area contributed by atoms with Crippen molar-refractivity contribution in [1.82, 2.24) is 9.97 Å². The number of benzene rings is 1. The average molecular weight is 311 g/mol. The highest BCUT2D eigenvalue weighted by Gasteiger charge is 2.09. The lowest BCUT2D eigenvalue weighted by molar-refractivity contribution is 0.454. The molecule has 2 rings (SSSR count). The second kappa shape index (κ2) is 5.68. The predicted molar refractivity (Wildman–Crippen MR) is 77.9 cm³/mol. The summed E-state index contributed by atoms with van der Waals surface area (Å²) in [5.74, 6) is 0.934. The van der Waals surface area contributed by atoms with Crippen LogP contribution in [0.1, 0.15) is 0 Å². The molecule has 0 radical (unpaired) electrons. The van der Waals surface area contributed by atoms with Crippen LogP contribution in [0.25, 0.3) is 0 Å². The number of sulfone groups is 1. The van der Waals surface area contributed by atoms with Crippen LogP contribution in [0.5, 0.6) is 11.6 Å². The fraction of sp³-hybridized carbons (Fsp3) is 0.167. The maximum absolute atomic E-state index is 11.5. The van der Waals surface area contributed by atoms with Gasteiger partial charge in [-0.3, -0.25) is 0 Å². The Morgan fingerprint density at radius 3 is 2.65 bits per heavy atom. The Kier molecular flexibility index (Phi) is 4.15. The van der Waals surface area contributed by atoms with Crippen LogP contribution < -0.4 is 10.5 Å². The zero-order valence-corrected chi connectivity index (χ0v) is 12.5. The fourth-order valence-electron chi connectivity index (χ4n) is 1.45. The van der Waals surface area contributed by atoms with Crippen LogP contribution >= 0.6 is 11.8 Å². The standard InChI is InChI=1S/C12H13N3O3S2/c1-19-12-14-10(13)7-11(15-12)18-8-4-3-5-9(6-8)20(2,16)17/h3-7H,1-2H3,(H2,13,14,15). The van der Waals surface area contributed by atoms with E-state index in [1.165, 1.54) is 30.0 Å². The molecular formula is C12H13N3O3S2. The van der Waals surface area contributed by atoms with Crippen molar-refractivity contribution in [2.24, 2.45) is 0 Å². The van der Waals surface area contributed by atoms with Gasteiger partial charge in [-0.25, -0.2) is 13.4 Å². The Bertz CT molecular complexity index is 732. The molecule has 1 aromatic heterocycles. The maximum Gasteiger partial charge on any atom is 0.225 e. The molecule has 1 aromatic carbocycles. The van der Waals surface area contributed by atoms with E-state index in [4.69, 9.17) is 10.5 Å². The van der Waals surface area contributed by atoms with E-state index in [-0.39, 0.29) is 10.8 Å². The molecule has 106 valence electrons. The maximum atomic E-state index is 11.5. The molecule has 0 saturated carbocycles. The van der Waals surface area contributed by atoms with Crippen molar-refractivity contribution in [2.75, 3.05) is 18.2 Å². The van der Waals surface area contributed by atoms with Gasteiger partial charge in [-0.1, -0.05) is 17.8 Å². The van der Waals surface area contributed by atoms with Crippen LogP contribution in [0.15, 0.2) is 40.4 Å². The first kappa shape index (κ1) is 14.6. The lowest BCUT2D eigenvalue weighted by Gasteiger charge is -2.07. The molecule has 2 aromatic rings. The number of hydrogen-bond acceptors (Lipinski definition) is 7. The van der Waals surface area contributed by atoms with Gasteiger partial charge >= 0.3 is 0 Å². The van der Waals surface area contributed by atoms with Gasteiger partial charge in [0.05, 0.1) is 4.90 Å². The first-order valence-electron chi connectivity index (χ1n) is 5.55. The molecule has 8 heteroatoms. The van der Waals surface area contributed by atoms with Crippen LogP contribution in [0.2, 0.25) is 0 Å². The summed E-state index contributed by atoms with van der Waals surface area (Å²) in [4.78, 5) is 8.33. The quantitative estimate of drug-likeness (QED) is 0.681. The highest BCUT2D eigenvalue weighted by Crippen LogP contribution is 2.25. The van der Waals surface area contributed by atoms with E-state index in [0.717, 1.165) is 6.26 Å². The Labute approximate surface area is 121 Å². The van der Waals surface area contributed by atoms with E-state index in [0.29, 0.717) is 16.7 Å². The summed E-state index contributed by atoms with van der Waals surface area (Å²) in [6.45, 7) is 0. The molecule has 0 atom stereocenters. The first-order chi connectivity index (χ1) is 9.38. The van der Waals surface area contributed by atoms with E-state index >= 15 is 0 Å². The number of anilines is 1. The number of nitrogens with zero attached hydrogens (tertiary/aromatic N) is 2. The van der Waals surface area contributed by atoms with Gasteiger partial charge < -0.3 is 10.5 Å². The minimum Gasteiger partial charge on any atom is -0.439 e. The van der Waals surface area contributed by atoms with Gasteiger partial charge in [-0.15, -0.1) is 0 Å². The molecular weight excluding hydrogens is 298 g/mol. The summed E-state index contributed by atoms with van der Waals surface area (Å²) in [5, 5.41) is 0.485. The summed E-state index contributed by atoms with van der Waals surface area (Å²) >= 11 is 1.34. The SMILES string of the molecule is CSc1nc(N)cc(Oc2cccc(S(C)(=O)=O)c2)n1. The van der Waals surface area contributed by atoms with Gasteiger partial charge in [-0.05, 0) is 24.5 Å². The number of ether oxygens (including phenoxy) is 1. The number of thioether (sulfide) groups is 1. The molecule has 1 heterocycles. The van der Waals surface area contributed by atoms with E-state index in [2.05, 4.69) is 9.97 Å². The van der Waals surface area contributed by atoms with E-state index in [1.54, 1.807) is 12.1 Å². The Balaban J connectivity index is 2.33. The van der Waals surface area contributed by atoms with E-state index in [9.17, 15) is 8.42 Å². The Morgan fingerprint density at radius 1 is 1.25 bits per heavy atom. The highest BCUT2D eigenvalue weighted by molar-refractivity contribution is 7.98. The van der Waals surface area contributed by atoms with Crippen molar-refractivity contribution in [1.29, 1.82) is 0 Å². The fourth-order valence-corrected chi connectivity index (χ4v) is 2.49. The van der Waals surface area contributed by atoms with Crippen molar-refractivity contribution in [3.05, 3.63) is 30.3 Å². The molecule has 0 spiro atoms. The van der Waals surface area contributed by atoms with Crippen molar-refractivity contribution in [3.63, 3.8) is 0 Å². The number of nitrogen functional groups attached to an aromatic ring is 1. The average Bonchev–Trinajstić information content (AvgIpc) is 2.37. The number of nitrogens with two attached hydrogens (primary N) is 1. The molecule has 20 heavy (non-hydrogen) atoms. The summed E-state index contributed by atoms with van der Waals surface area (Å²) in [6, 6.07) is 7.67. The summed E-state index contributed by atoms with van der Waals surface area (Å²) in [6.07, 6.45) is 2.96.